The molecule has 0 saturated heterocycles. The molecule has 1 fully saturated rings. The summed E-state index contributed by atoms with van der Waals surface area (Å²) in [4.78, 5) is 8.46. The molecule has 2 aromatic heterocycles. The molecule has 1 saturated carbocycles. The molecule has 162 valence electrons. The lowest BCUT2D eigenvalue weighted by atomic mass is 9.81. The molecule has 3 heterocycles. The van der Waals surface area contributed by atoms with Crippen molar-refractivity contribution in [2.45, 2.75) is 42.5 Å². The number of benzene rings is 1. The Hall–Kier alpha value is -2.92. The summed E-state index contributed by atoms with van der Waals surface area (Å²) in [5.41, 5.74) is -0.00265. The number of hydrogen-bond acceptors (Lipinski definition) is 7. The molecule has 1 atom stereocenters. The van der Waals surface area contributed by atoms with Crippen molar-refractivity contribution >= 4 is 45.5 Å². The van der Waals surface area contributed by atoms with E-state index >= 15 is 4.39 Å². The van der Waals surface area contributed by atoms with Crippen LogP contribution in [0.15, 0.2) is 40.5 Å². The van der Waals surface area contributed by atoms with Crippen molar-refractivity contribution in [3.63, 3.8) is 0 Å². The first-order valence-corrected chi connectivity index (χ1v) is 11.0. The standard InChI is InChI=1S/C20H20F2N6O2S/c1-27-16-9-12-11-23-19(24-13-5-6-15(31(29)30)14(21)10-13)25-17(12)28(16)20(18(22)26-27)7-3-2-4-8-20/h5-6,9-11H,2-4,7-8H2,1H3,(H,29,30)(H,23,24,25)/p-1. The Morgan fingerprint density at radius 3 is 2.68 bits per heavy atom. The second kappa shape index (κ2) is 7.34. The second-order valence-electron chi connectivity index (χ2n) is 7.82. The van der Waals surface area contributed by atoms with Crippen LogP contribution in [0.4, 0.5) is 26.2 Å². The molecule has 1 unspecified atom stereocenters. The van der Waals surface area contributed by atoms with Gasteiger partial charge in [-0.1, -0.05) is 19.3 Å². The quantitative estimate of drug-likeness (QED) is 0.613. The molecule has 3 aromatic rings. The number of fused-ring (bicyclic) bond motifs is 4. The van der Waals surface area contributed by atoms with Crippen LogP contribution in [0.2, 0.25) is 0 Å². The average molecular weight is 445 g/mol. The summed E-state index contributed by atoms with van der Waals surface area (Å²) in [7, 11) is 1.69. The maximum Gasteiger partial charge on any atom is 0.233 e. The van der Waals surface area contributed by atoms with Gasteiger partial charge in [0.15, 0.2) is 0 Å². The molecule has 8 nitrogen and oxygen atoms in total. The first-order valence-electron chi connectivity index (χ1n) is 9.92. The summed E-state index contributed by atoms with van der Waals surface area (Å²) >= 11 is -2.66. The Morgan fingerprint density at radius 1 is 1.19 bits per heavy atom. The number of hydrazone groups is 1. The van der Waals surface area contributed by atoms with E-state index in [0.717, 1.165) is 42.6 Å². The number of hydrogen-bond donors (Lipinski definition) is 1. The Balaban J connectivity index is 1.58. The van der Waals surface area contributed by atoms with Crippen LogP contribution in [0.5, 0.6) is 0 Å². The zero-order valence-electron chi connectivity index (χ0n) is 16.6. The summed E-state index contributed by atoms with van der Waals surface area (Å²) in [6, 6.07) is 5.53. The number of nitrogens with zero attached hydrogens (tertiary/aromatic N) is 5. The highest BCUT2D eigenvalue weighted by molar-refractivity contribution is 7.79. The monoisotopic (exact) mass is 445 g/mol. The molecular formula is C20H19F2N6O2S-. The number of aromatic nitrogens is 3. The smallest absolute Gasteiger partial charge is 0.233 e. The van der Waals surface area contributed by atoms with Crippen LogP contribution in [-0.2, 0) is 16.6 Å². The van der Waals surface area contributed by atoms with Crippen molar-refractivity contribution in [1.82, 2.24) is 14.5 Å². The highest BCUT2D eigenvalue weighted by Gasteiger charge is 2.45. The first kappa shape index (κ1) is 20.0. The van der Waals surface area contributed by atoms with Gasteiger partial charge >= 0.3 is 0 Å². The molecule has 31 heavy (non-hydrogen) atoms. The molecule has 1 N–H and O–H groups in total. The van der Waals surface area contributed by atoms with Crippen molar-refractivity contribution in [1.29, 1.82) is 0 Å². The molecule has 2 aliphatic rings. The van der Waals surface area contributed by atoms with Crippen LogP contribution in [0.25, 0.3) is 11.0 Å². The molecule has 11 heteroatoms. The predicted molar refractivity (Wildman–Crippen MR) is 112 cm³/mol. The van der Waals surface area contributed by atoms with E-state index in [1.165, 1.54) is 11.1 Å². The Morgan fingerprint density at radius 2 is 1.97 bits per heavy atom. The van der Waals surface area contributed by atoms with Gasteiger partial charge in [-0.05, 0) is 48.2 Å². The fourth-order valence-corrected chi connectivity index (χ4v) is 4.87. The predicted octanol–water partition coefficient (Wildman–Crippen LogP) is 3.94. The Labute approximate surface area is 179 Å². The largest absolute Gasteiger partial charge is 0.768 e. The van der Waals surface area contributed by atoms with E-state index in [2.05, 4.69) is 20.4 Å². The van der Waals surface area contributed by atoms with Gasteiger partial charge in [0.1, 0.15) is 22.8 Å². The molecular weight excluding hydrogens is 426 g/mol. The minimum atomic E-state index is -2.66. The molecule has 1 spiro atoms. The number of anilines is 3. The van der Waals surface area contributed by atoms with E-state index < -0.39 is 33.3 Å². The maximum absolute atomic E-state index is 15.2. The zero-order chi connectivity index (χ0) is 21.8. The summed E-state index contributed by atoms with van der Waals surface area (Å²) in [6.07, 6.45) is 5.74. The van der Waals surface area contributed by atoms with Crippen LogP contribution >= 0.6 is 0 Å². The minimum absolute atomic E-state index is 0.195. The van der Waals surface area contributed by atoms with Gasteiger partial charge in [0, 0.05) is 24.3 Å². The Bertz CT molecular complexity index is 1240. The highest BCUT2D eigenvalue weighted by Crippen LogP contribution is 2.45. The molecule has 5 rings (SSSR count). The third kappa shape index (κ3) is 3.19. The topological polar surface area (TPSA) is 98.5 Å². The minimum Gasteiger partial charge on any atom is -0.768 e. The van der Waals surface area contributed by atoms with E-state index in [1.807, 2.05) is 10.6 Å². The lowest BCUT2D eigenvalue weighted by molar-refractivity contribution is 0.263. The van der Waals surface area contributed by atoms with Crippen LogP contribution in [-0.4, -0.2) is 36.3 Å². The molecule has 1 aliphatic carbocycles. The third-order valence-electron chi connectivity index (χ3n) is 5.95. The van der Waals surface area contributed by atoms with Crippen LogP contribution in [0, 0.1) is 5.82 Å². The van der Waals surface area contributed by atoms with Crippen LogP contribution in [0.3, 0.4) is 0 Å². The third-order valence-corrected chi connectivity index (χ3v) is 6.64. The van der Waals surface area contributed by atoms with Crippen LogP contribution < -0.4 is 10.3 Å². The average Bonchev–Trinajstić information content (AvgIpc) is 3.13. The van der Waals surface area contributed by atoms with E-state index in [9.17, 15) is 13.2 Å². The number of rotatable bonds is 3. The van der Waals surface area contributed by atoms with Gasteiger partial charge in [-0.3, -0.25) is 8.78 Å². The van der Waals surface area contributed by atoms with Crippen molar-refractivity contribution in [3.8, 4) is 0 Å². The molecule has 1 aliphatic heterocycles. The van der Waals surface area contributed by atoms with Crippen LogP contribution in [0.1, 0.15) is 32.1 Å². The van der Waals surface area contributed by atoms with Crippen molar-refractivity contribution in [3.05, 3.63) is 36.3 Å². The number of halogens is 2. The Kier molecular flexibility index (Phi) is 4.74. The van der Waals surface area contributed by atoms with Crippen molar-refractivity contribution in [2.75, 3.05) is 17.4 Å². The molecule has 0 amide bonds. The first-order chi connectivity index (χ1) is 14.9. The molecule has 0 bridgehead atoms. The lowest BCUT2D eigenvalue weighted by Crippen LogP contribution is -2.46. The van der Waals surface area contributed by atoms with E-state index in [4.69, 9.17) is 0 Å². The van der Waals surface area contributed by atoms with E-state index in [1.54, 1.807) is 13.2 Å². The lowest BCUT2D eigenvalue weighted by Gasteiger charge is -2.41. The number of nitrogens with one attached hydrogen (secondary N) is 1. The van der Waals surface area contributed by atoms with E-state index in [-0.39, 0.29) is 5.95 Å². The summed E-state index contributed by atoms with van der Waals surface area (Å²) in [6.45, 7) is 0. The SMILES string of the molecule is CN1N=C(F)C2(CCCCC2)n2c1cc1cnc(Nc3ccc(S(=O)[O-])c(F)c3)nc12. The summed E-state index contributed by atoms with van der Waals surface area (Å²) in [5, 5.41) is 9.27. The fourth-order valence-electron chi connectivity index (χ4n) is 4.47. The van der Waals surface area contributed by atoms with Crippen molar-refractivity contribution in [2.24, 2.45) is 5.10 Å². The van der Waals surface area contributed by atoms with Gasteiger partial charge in [0.25, 0.3) is 0 Å². The summed E-state index contributed by atoms with van der Waals surface area (Å²) < 4.78 is 53.1. The maximum atomic E-state index is 15.2. The van der Waals surface area contributed by atoms with Gasteiger partial charge in [-0.2, -0.15) is 9.37 Å². The zero-order valence-corrected chi connectivity index (χ0v) is 17.5. The van der Waals surface area contributed by atoms with Crippen molar-refractivity contribution < 1.29 is 17.5 Å². The van der Waals surface area contributed by atoms with Gasteiger partial charge in [0.2, 0.25) is 11.9 Å². The van der Waals surface area contributed by atoms with Gasteiger partial charge in [0.05, 0.1) is 4.90 Å². The molecule has 0 radical (unpaired) electrons. The highest BCUT2D eigenvalue weighted by atomic mass is 32.2. The normalized spacial score (nSPS) is 18.7. The fraction of sp³-hybridized carbons (Fsp3) is 0.350. The van der Waals surface area contributed by atoms with Gasteiger partial charge in [-0.15, -0.1) is 5.10 Å². The second-order valence-corrected chi connectivity index (χ2v) is 8.73. The summed E-state index contributed by atoms with van der Waals surface area (Å²) in [5.74, 6) is -0.366. The van der Waals surface area contributed by atoms with Gasteiger partial charge < -0.3 is 9.87 Å². The van der Waals surface area contributed by atoms with Gasteiger partial charge in [-0.25, -0.2) is 14.4 Å². The van der Waals surface area contributed by atoms with E-state index in [0.29, 0.717) is 24.2 Å². The molecule has 1 aromatic carbocycles.